The number of nitrogens with one attached hydrogen (secondary N) is 1. The molecule has 0 fully saturated rings. The molecule has 164 valence electrons. The number of halogens is 1. The Bertz CT molecular complexity index is 976. The van der Waals surface area contributed by atoms with Crippen LogP contribution in [-0.2, 0) is 19.6 Å². The maximum atomic E-state index is 6.12. The maximum Gasteiger partial charge on any atom is 0.166 e. The third-order valence-corrected chi connectivity index (χ3v) is 5.18. The summed E-state index contributed by atoms with van der Waals surface area (Å²) in [4.78, 5) is 0. The molecular formula is C25H28ClNO4. The van der Waals surface area contributed by atoms with Crippen LogP contribution in [0.25, 0.3) is 0 Å². The molecule has 3 aromatic rings. The lowest BCUT2D eigenvalue weighted by Crippen LogP contribution is -2.17. The minimum absolute atomic E-state index is 0.441. The molecule has 0 unspecified atom stereocenters. The molecule has 0 aliphatic carbocycles. The van der Waals surface area contributed by atoms with Crippen LogP contribution in [0.4, 0.5) is 0 Å². The zero-order chi connectivity index (χ0) is 22.1. The molecule has 0 atom stereocenters. The molecule has 3 rings (SSSR count). The van der Waals surface area contributed by atoms with Gasteiger partial charge in [-0.1, -0.05) is 41.9 Å². The van der Waals surface area contributed by atoms with Crippen LogP contribution in [0.5, 0.6) is 23.0 Å². The smallest absolute Gasteiger partial charge is 0.166 e. The molecule has 6 heteroatoms. The minimum Gasteiger partial charge on any atom is -0.493 e. The summed E-state index contributed by atoms with van der Waals surface area (Å²) in [6.07, 6.45) is 0.866. The molecule has 31 heavy (non-hydrogen) atoms. The number of rotatable bonds is 11. The van der Waals surface area contributed by atoms with Gasteiger partial charge in [0.2, 0.25) is 0 Å². The number of hydrogen-bond donors (Lipinski definition) is 1. The van der Waals surface area contributed by atoms with Crippen molar-refractivity contribution in [3.8, 4) is 23.0 Å². The predicted molar refractivity (Wildman–Crippen MR) is 124 cm³/mol. The molecule has 0 amide bonds. The molecule has 0 aliphatic heterocycles. The fourth-order valence-electron chi connectivity index (χ4n) is 3.25. The van der Waals surface area contributed by atoms with Gasteiger partial charge in [-0.2, -0.15) is 0 Å². The summed E-state index contributed by atoms with van der Waals surface area (Å²) in [6.45, 7) is 1.92. The van der Waals surface area contributed by atoms with Gasteiger partial charge in [0.25, 0.3) is 0 Å². The summed E-state index contributed by atoms with van der Waals surface area (Å²) < 4.78 is 22.3. The Hall–Kier alpha value is -2.89. The van der Waals surface area contributed by atoms with Crippen molar-refractivity contribution in [3.63, 3.8) is 0 Å². The summed E-state index contributed by atoms with van der Waals surface area (Å²) in [7, 11) is 4.94. The Balaban J connectivity index is 1.60. The van der Waals surface area contributed by atoms with Crippen molar-refractivity contribution >= 4 is 11.6 Å². The van der Waals surface area contributed by atoms with Gasteiger partial charge in [0.1, 0.15) is 6.61 Å². The number of benzene rings is 3. The third-order valence-electron chi connectivity index (χ3n) is 4.93. The largest absolute Gasteiger partial charge is 0.493 e. The minimum atomic E-state index is 0.441. The van der Waals surface area contributed by atoms with Crippen molar-refractivity contribution in [2.45, 2.75) is 19.6 Å². The second-order valence-electron chi connectivity index (χ2n) is 6.98. The van der Waals surface area contributed by atoms with Crippen LogP contribution >= 0.6 is 11.6 Å². The van der Waals surface area contributed by atoms with Gasteiger partial charge < -0.3 is 24.3 Å². The second-order valence-corrected chi connectivity index (χ2v) is 7.42. The van der Waals surface area contributed by atoms with Gasteiger partial charge in [0, 0.05) is 17.1 Å². The maximum absolute atomic E-state index is 6.12. The van der Waals surface area contributed by atoms with Gasteiger partial charge in [-0.05, 0) is 54.4 Å². The number of para-hydroxylation sites is 1. The van der Waals surface area contributed by atoms with E-state index in [0.717, 1.165) is 41.3 Å². The highest BCUT2D eigenvalue weighted by Crippen LogP contribution is 2.32. The summed E-state index contributed by atoms with van der Waals surface area (Å²) in [5.41, 5.74) is 3.26. The van der Waals surface area contributed by atoms with E-state index in [9.17, 15) is 0 Å². The average molecular weight is 442 g/mol. The van der Waals surface area contributed by atoms with Crippen molar-refractivity contribution in [1.82, 2.24) is 5.32 Å². The number of methoxy groups -OCH3 is 3. The molecule has 0 saturated heterocycles. The first-order valence-electron chi connectivity index (χ1n) is 10.1. The molecule has 0 bridgehead atoms. The van der Waals surface area contributed by atoms with Crippen molar-refractivity contribution in [2.75, 3.05) is 27.9 Å². The summed E-state index contributed by atoms with van der Waals surface area (Å²) >= 11 is 5.97. The molecule has 0 aromatic heterocycles. The Morgan fingerprint density at radius 2 is 1.48 bits per heavy atom. The topological polar surface area (TPSA) is 49.0 Å². The fourth-order valence-corrected chi connectivity index (χ4v) is 3.38. The van der Waals surface area contributed by atoms with Crippen LogP contribution < -0.4 is 24.3 Å². The first-order chi connectivity index (χ1) is 15.1. The Morgan fingerprint density at radius 3 is 2.19 bits per heavy atom. The molecule has 0 spiro atoms. The summed E-state index contributed by atoms with van der Waals surface area (Å²) in [5.74, 6) is 2.94. The molecule has 0 aliphatic rings. The number of ether oxygens (including phenoxy) is 4. The van der Waals surface area contributed by atoms with Gasteiger partial charge >= 0.3 is 0 Å². The Labute approximate surface area is 188 Å². The first kappa shape index (κ1) is 22.8. The molecular weight excluding hydrogens is 414 g/mol. The molecule has 0 saturated carbocycles. The van der Waals surface area contributed by atoms with Gasteiger partial charge in [-0.25, -0.2) is 0 Å². The van der Waals surface area contributed by atoms with Gasteiger partial charge in [-0.15, -0.1) is 0 Å². The van der Waals surface area contributed by atoms with Crippen molar-refractivity contribution in [2.24, 2.45) is 0 Å². The average Bonchev–Trinajstić information content (AvgIpc) is 2.81. The highest BCUT2D eigenvalue weighted by atomic mass is 35.5. The van der Waals surface area contributed by atoms with E-state index in [1.807, 2.05) is 54.6 Å². The van der Waals surface area contributed by atoms with Gasteiger partial charge in [-0.3, -0.25) is 0 Å². The zero-order valence-corrected chi connectivity index (χ0v) is 18.9. The molecule has 0 radical (unpaired) electrons. The molecule has 1 N–H and O–H groups in total. The van der Waals surface area contributed by atoms with E-state index in [4.69, 9.17) is 30.5 Å². The first-order valence-corrected chi connectivity index (χ1v) is 10.5. The fraction of sp³-hybridized carbons (Fsp3) is 0.280. The van der Waals surface area contributed by atoms with Crippen LogP contribution in [0.15, 0.2) is 60.7 Å². The van der Waals surface area contributed by atoms with Crippen LogP contribution in [0.3, 0.4) is 0 Å². The monoisotopic (exact) mass is 441 g/mol. The van der Waals surface area contributed by atoms with Crippen LogP contribution in [-0.4, -0.2) is 27.9 Å². The molecule has 0 heterocycles. The van der Waals surface area contributed by atoms with Crippen molar-refractivity contribution in [3.05, 3.63) is 82.4 Å². The predicted octanol–water partition coefficient (Wildman–Crippen LogP) is 5.28. The van der Waals surface area contributed by atoms with Crippen molar-refractivity contribution < 1.29 is 18.9 Å². The highest BCUT2D eigenvalue weighted by molar-refractivity contribution is 6.30. The quantitative estimate of drug-likeness (QED) is 0.410. The van der Waals surface area contributed by atoms with Crippen LogP contribution in [0, 0.1) is 0 Å². The SMILES string of the molecule is COc1ccc(CCNCc2cccc(OC)c2OCc2ccc(Cl)cc2)cc1OC. The lowest BCUT2D eigenvalue weighted by Gasteiger charge is -2.16. The van der Waals surface area contributed by atoms with E-state index >= 15 is 0 Å². The lowest BCUT2D eigenvalue weighted by atomic mass is 10.1. The lowest BCUT2D eigenvalue weighted by molar-refractivity contribution is 0.280. The highest BCUT2D eigenvalue weighted by Gasteiger charge is 2.11. The van der Waals surface area contributed by atoms with Crippen LogP contribution in [0.1, 0.15) is 16.7 Å². The zero-order valence-electron chi connectivity index (χ0n) is 18.1. The second kappa shape index (κ2) is 11.5. The molecule has 5 nitrogen and oxygen atoms in total. The summed E-state index contributed by atoms with van der Waals surface area (Å²) in [6, 6.07) is 19.5. The van der Waals surface area contributed by atoms with E-state index in [1.54, 1.807) is 21.3 Å². The van der Waals surface area contributed by atoms with Crippen LogP contribution in [0.2, 0.25) is 5.02 Å². The van der Waals surface area contributed by atoms with E-state index < -0.39 is 0 Å². The van der Waals surface area contributed by atoms with Gasteiger partial charge in [0.15, 0.2) is 23.0 Å². The Morgan fingerprint density at radius 1 is 0.774 bits per heavy atom. The van der Waals surface area contributed by atoms with Gasteiger partial charge in [0.05, 0.1) is 21.3 Å². The summed E-state index contributed by atoms with van der Waals surface area (Å²) in [5, 5.41) is 4.20. The molecule has 3 aromatic carbocycles. The Kier molecular flexibility index (Phi) is 8.44. The van der Waals surface area contributed by atoms with E-state index in [1.165, 1.54) is 5.56 Å². The normalized spacial score (nSPS) is 10.6. The van der Waals surface area contributed by atoms with E-state index in [0.29, 0.717) is 23.9 Å². The third kappa shape index (κ3) is 6.29. The van der Waals surface area contributed by atoms with E-state index in [2.05, 4.69) is 11.4 Å². The standard InChI is InChI=1S/C25H28ClNO4/c1-28-22-12-9-18(15-24(22)30-3)13-14-27-16-20-5-4-6-23(29-2)25(20)31-17-19-7-10-21(26)11-8-19/h4-12,15,27H,13-14,16-17H2,1-3H3. The van der Waals surface area contributed by atoms with E-state index in [-0.39, 0.29) is 0 Å². The van der Waals surface area contributed by atoms with Crippen molar-refractivity contribution in [1.29, 1.82) is 0 Å². The number of hydrogen-bond acceptors (Lipinski definition) is 5.